The quantitative estimate of drug-likeness (QED) is 0.467. The Balaban J connectivity index is 2.09. The highest BCUT2D eigenvalue weighted by atomic mass is 16.5. The van der Waals surface area contributed by atoms with E-state index in [1.807, 2.05) is 0 Å². The summed E-state index contributed by atoms with van der Waals surface area (Å²) in [6.07, 6.45) is 2.88. The first-order valence-electron chi connectivity index (χ1n) is 6.51. The molecule has 18 heavy (non-hydrogen) atoms. The van der Waals surface area contributed by atoms with E-state index in [0.717, 1.165) is 12.1 Å². The first-order valence-corrected chi connectivity index (χ1v) is 6.51. The van der Waals surface area contributed by atoms with Gasteiger partial charge in [0.25, 0.3) is 0 Å². The van der Waals surface area contributed by atoms with Crippen LogP contribution in [0.15, 0.2) is 24.3 Å². The van der Waals surface area contributed by atoms with E-state index in [9.17, 15) is 5.11 Å². The number of aliphatic hydroxyl groups is 1. The minimum Gasteiger partial charge on any atom is -0.508 e. The molecule has 1 unspecified atom stereocenters. The number of benzene rings is 1. The maximum atomic E-state index is 9.68. The number of rotatable bonds is 9. The molecule has 0 bridgehead atoms. The predicted molar refractivity (Wildman–Crippen MR) is 72.9 cm³/mol. The second-order valence-electron chi connectivity index (χ2n) is 4.36. The summed E-state index contributed by atoms with van der Waals surface area (Å²) in [5.74, 6) is 0.236. The zero-order valence-electron chi connectivity index (χ0n) is 10.9. The number of anilines is 1. The van der Waals surface area contributed by atoms with Crippen molar-refractivity contribution >= 4 is 5.69 Å². The highest BCUT2D eigenvalue weighted by molar-refractivity contribution is 5.45. The lowest BCUT2D eigenvalue weighted by atomic mass is 10.2. The normalized spacial score (nSPS) is 12.3. The van der Waals surface area contributed by atoms with E-state index in [1.165, 1.54) is 12.8 Å². The van der Waals surface area contributed by atoms with Crippen molar-refractivity contribution in [2.75, 3.05) is 25.1 Å². The van der Waals surface area contributed by atoms with Crippen LogP contribution in [0.25, 0.3) is 0 Å². The molecule has 4 heteroatoms. The lowest BCUT2D eigenvalue weighted by Crippen LogP contribution is -2.25. The van der Waals surface area contributed by atoms with Gasteiger partial charge >= 0.3 is 0 Å². The van der Waals surface area contributed by atoms with Gasteiger partial charge in [-0.3, -0.25) is 0 Å². The van der Waals surface area contributed by atoms with Gasteiger partial charge in [-0.15, -0.1) is 0 Å². The zero-order valence-corrected chi connectivity index (χ0v) is 10.9. The summed E-state index contributed by atoms with van der Waals surface area (Å²) in [6.45, 7) is 3.66. The van der Waals surface area contributed by atoms with Crippen molar-refractivity contribution in [3.63, 3.8) is 0 Å². The fraction of sp³-hybridized carbons (Fsp3) is 0.571. The minimum atomic E-state index is -0.513. The number of aliphatic hydroxyl groups excluding tert-OH is 1. The fourth-order valence-electron chi connectivity index (χ4n) is 1.55. The van der Waals surface area contributed by atoms with Gasteiger partial charge in [0.05, 0.1) is 12.7 Å². The number of hydrogen-bond acceptors (Lipinski definition) is 4. The molecule has 0 aliphatic rings. The number of unbranched alkanes of at least 4 members (excludes halogenated alkanes) is 2. The number of hydrogen-bond donors (Lipinski definition) is 3. The third-order valence-electron chi connectivity index (χ3n) is 2.61. The van der Waals surface area contributed by atoms with Crippen LogP contribution in [-0.4, -0.2) is 36.1 Å². The van der Waals surface area contributed by atoms with Crippen LogP contribution in [0.2, 0.25) is 0 Å². The van der Waals surface area contributed by atoms with Crippen molar-refractivity contribution in [1.82, 2.24) is 0 Å². The maximum Gasteiger partial charge on any atom is 0.115 e. The standard InChI is InChI=1S/C14H23NO3/c1-2-3-4-9-18-11-14(17)10-15-12-5-7-13(16)8-6-12/h5-8,14-17H,2-4,9-11H2,1H3. The number of aromatic hydroxyl groups is 1. The molecule has 0 saturated carbocycles. The first-order chi connectivity index (χ1) is 8.72. The van der Waals surface area contributed by atoms with Crippen molar-refractivity contribution in [2.24, 2.45) is 0 Å². The van der Waals surface area contributed by atoms with Crippen LogP contribution in [0.1, 0.15) is 26.2 Å². The Morgan fingerprint density at radius 2 is 1.94 bits per heavy atom. The van der Waals surface area contributed by atoms with E-state index in [1.54, 1.807) is 24.3 Å². The van der Waals surface area contributed by atoms with Crippen LogP contribution in [0.5, 0.6) is 5.75 Å². The lowest BCUT2D eigenvalue weighted by Gasteiger charge is -2.13. The van der Waals surface area contributed by atoms with Crippen molar-refractivity contribution in [1.29, 1.82) is 0 Å². The molecule has 4 nitrogen and oxygen atoms in total. The van der Waals surface area contributed by atoms with Gasteiger partial charge in [0, 0.05) is 18.8 Å². The number of phenolic OH excluding ortho intramolecular Hbond substituents is 1. The van der Waals surface area contributed by atoms with Crippen molar-refractivity contribution in [3.8, 4) is 5.75 Å². The maximum absolute atomic E-state index is 9.68. The zero-order chi connectivity index (χ0) is 13.2. The van der Waals surface area contributed by atoms with E-state index in [-0.39, 0.29) is 5.75 Å². The summed E-state index contributed by atoms with van der Waals surface area (Å²) >= 11 is 0. The lowest BCUT2D eigenvalue weighted by molar-refractivity contribution is 0.0418. The molecule has 0 amide bonds. The summed E-state index contributed by atoms with van der Waals surface area (Å²) in [5.41, 5.74) is 0.873. The summed E-state index contributed by atoms with van der Waals surface area (Å²) in [6, 6.07) is 6.75. The second-order valence-corrected chi connectivity index (χ2v) is 4.36. The number of phenols is 1. The molecule has 0 saturated heterocycles. The Bertz CT molecular complexity index is 313. The van der Waals surface area contributed by atoms with Crippen molar-refractivity contribution in [3.05, 3.63) is 24.3 Å². The molecule has 0 spiro atoms. The molecule has 102 valence electrons. The number of nitrogens with one attached hydrogen (secondary N) is 1. The smallest absolute Gasteiger partial charge is 0.115 e. The van der Waals surface area contributed by atoms with Crippen molar-refractivity contribution < 1.29 is 14.9 Å². The molecule has 0 heterocycles. The molecule has 1 atom stereocenters. The fourth-order valence-corrected chi connectivity index (χ4v) is 1.55. The van der Waals surface area contributed by atoms with E-state index >= 15 is 0 Å². The number of ether oxygens (including phenoxy) is 1. The van der Waals surface area contributed by atoms with Gasteiger partial charge in [-0.25, -0.2) is 0 Å². The first kappa shape index (κ1) is 14.8. The van der Waals surface area contributed by atoms with Crippen LogP contribution < -0.4 is 5.32 Å². The molecule has 0 aliphatic heterocycles. The van der Waals surface area contributed by atoms with E-state index < -0.39 is 6.10 Å². The van der Waals surface area contributed by atoms with Gasteiger partial charge in [0.15, 0.2) is 0 Å². The molecule has 1 aromatic rings. The largest absolute Gasteiger partial charge is 0.508 e. The van der Waals surface area contributed by atoms with E-state index in [4.69, 9.17) is 9.84 Å². The van der Waals surface area contributed by atoms with Crippen LogP contribution in [-0.2, 0) is 4.74 Å². The summed E-state index contributed by atoms with van der Waals surface area (Å²) in [5, 5.41) is 21.9. The van der Waals surface area contributed by atoms with Gasteiger partial charge in [-0.2, -0.15) is 0 Å². The van der Waals surface area contributed by atoms with Gasteiger partial charge in [-0.05, 0) is 30.7 Å². The van der Waals surface area contributed by atoms with Gasteiger partial charge in [0.1, 0.15) is 5.75 Å². The van der Waals surface area contributed by atoms with Gasteiger partial charge < -0.3 is 20.3 Å². The summed E-state index contributed by atoms with van der Waals surface area (Å²) in [7, 11) is 0. The molecular weight excluding hydrogens is 230 g/mol. The molecule has 0 fully saturated rings. The van der Waals surface area contributed by atoms with E-state index in [0.29, 0.717) is 19.8 Å². The highest BCUT2D eigenvalue weighted by Gasteiger charge is 2.03. The van der Waals surface area contributed by atoms with Crippen LogP contribution >= 0.6 is 0 Å². The molecule has 3 N–H and O–H groups in total. The molecule has 0 aliphatic carbocycles. The van der Waals surface area contributed by atoms with Crippen LogP contribution in [0, 0.1) is 0 Å². The topological polar surface area (TPSA) is 61.7 Å². The molecule has 0 radical (unpaired) electrons. The summed E-state index contributed by atoms with van der Waals surface area (Å²) < 4.78 is 5.38. The average molecular weight is 253 g/mol. The van der Waals surface area contributed by atoms with Gasteiger partial charge in [-0.1, -0.05) is 19.8 Å². The molecule has 1 rings (SSSR count). The molecule has 0 aromatic heterocycles. The predicted octanol–water partition coefficient (Wildman–Crippen LogP) is 2.37. The average Bonchev–Trinajstić information content (AvgIpc) is 2.38. The summed E-state index contributed by atoms with van der Waals surface area (Å²) in [4.78, 5) is 0. The van der Waals surface area contributed by atoms with Gasteiger partial charge in [0.2, 0.25) is 0 Å². The van der Waals surface area contributed by atoms with E-state index in [2.05, 4.69) is 12.2 Å². The Morgan fingerprint density at radius 1 is 1.22 bits per heavy atom. The third kappa shape index (κ3) is 6.47. The monoisotopic (exact) mass is 253 g/mol. The van der Waals surface area contributed by atoms with Crippen molar-refractivity contribution in [2.45, 2.75) is 32.3 Å². The Morgan fingerprint density at radius 3 is 2.61 bits per heavy atom. The van der Waals surface area contributed by atoms with Crippen LogP contribution in [0.4, 0.5) is 5.69 Å². The Labute approximate surface area is 109 Å². The second kappa shape index (κ2) is 8.78. The SMILES string of the molecule is CCCCCOCC(O)CNc1ccc(O)cc1. The Hall–Kier alpha value is -1.26. The minimum absolute atomic E-state index is 0.236. The molecular formula is C14H23NO3. The highest BCUT2D eigenvalue weighted by Crippen LogP contribution is 2.13. The third-order valence-corrected chi connectivity index (χ3v) is 2.61. The van der Waals surface area contributed by atoms with Crippen LogP contribution in [0.3, 0.4) is 0 Å². The molecule has 1 aromatic carbocycles. The Kier molecular flexibility index (Phi) is 7.22.